The molecule has 0 aliphatic rings. The second-order valence-electron chi connectivity index (χ2n) is 5.08. The highest BCUT2D eigenvalue weighted by Gasteiger charge is 2.26. The van der Waals surface area contributed by atoms with E-state index in [4.69, 9.17) is 9.15 Å². The molecule has 1 heterocycles. The summed E-state index contributed by atoms with van der Waals surface area (Å²) in [6.07, 6.45) is 0.581. The van der Waals surface area contributed by atoms with E-state index in [-0.39, 0.29) is 23.6 Å². The predicted octanol–water partition coefficient (Wildman–Crippen LogP) is 2.53. The van der Waals surface area contributed by atoms with Gasteiger partial charge in [0.15, 0.2) is 5.75 Å². The van der Waals surface area contributed by atoms with Gasteiger partial charge in [0.2, 0.25) is 0 Å². The van der Waals surface area contributed by atoms with Crippen molar-refractivity contribution < 1.29 is 9.15 Å². The van der Waals surface area contributed by atoms with Crippen molar-refractivity contribution in [2.75, 3.05) is 5.32 Å². The van der Waals surface area contributed by atoms with Gasteiger partial charge < -0.3 is 14.5 Å². The van der Waals surface area contributed by atoms with Gasteiger partial charge in [0, 0.05) is 0 Å². The first-order valence-corrected chi connectivity index (χ1v) is 6.76. The number of furan rings is 1. The minimum atomic E-state index is -0.563. The third-order valence-corrected chi connectivity index (χ3v) is 3.05. The van der Waals surface area contributed by atoms with Crippen LogP contribution in [0.4, 0.5) is 5.69 Å². The van der Waals surface area contributed by atoms with E-state index in [1.54, 1.807) is 0 Å². The Labute approximate surface area is 117 Å². The first-order valence-electron chi connectivity index (χ1n) is 6.76. The Morgan fingerprint density at radius 2 is 1.95 bits per heavy atom. The van der Waals surface area contributed by atoms with Crippen LogP contribution >= 0.6 is 0 Å². The number of aryl methyl sites for hydroxylation is 1. The first-order chi connectivity index (χ1) is 9.43. The second-order valence-corrected chi connectivity index (χ2v) is 5.08. The standard InChI is InChI=1S/C15H19NO4/c1-5-10(11-7-6-9(4)20-11)16-12-13(17)14(18)15(12)19-8(2)3/h6-8,10,16H,5H2,1-4H3/t10-/m1/s1. The average molecular weight is 277 g/mol. The van der Waals surface area contributed by atoms with Crippen LogP contribution in [-0.4, -0.2) is 6.10 Å². The van der Waals surface area contributed by atoms with Gasteiger partial charge in [0.25, 0.3) is 10.9 Å². The molecule has 0 radical (unpaired) electrons. The van der Waals surface area contributed by atoms with Crippen molar-refractivity contribution in [2.45, 2.75) is 46.3 Å². The van der Waals surface area contributed by atoms with E-state index in [9.17, 15) is 9.59 Å². The normalized spacial score (nSPS) is 12.8. The van der Waals surface area contributed by atoms with Crippen molar-refractivity contribution >= 4 is 5.69 Å². The van der Waals surface area contributed by atoms with Gasteiger partial charge in [-0.15, -0.1) is 0 Å². The van der Waals surface area contributed by atoms with Gasteiger partial charge in [-0.3, -0.25) is 9.59 Å². The van der Waals surface area contributed by atoms with Gasteiger partial charge >= 0.3 is 0 Å². The van der Waals surface area contributed by atoms with E-state index in [2.05, 4.69) is 5.32 Å². The third kappa shape index (κ3) is 2.61. The van der Waals surface area contributed by atoms with E-state index >= 15 is 0 Å². The maximum absolute atomic E-state index is 11.7. The van der Waals surface area contributed by atoms with E-state index in [1.807, 2.05) is 39.8 Å². The van der Waals surface area contributed by atoms with Crippen LogP contribution in [-0.2, 0) is 0 Å². The fourth-order valence-corrected chi connectivity index (χ4v) is 2.04. The molecule has 1 N–H and O–H groups in total. The summed E-state index contributed by atoms with van der Waals surface area (Å²) in [6.45, 7) is 7.46. The molecule has 5 nitrogen and oxygen atoms in total. The molecule has 0 spiro atoms. The van der Waals surface area contributed by atoms with Crippen LogP contribution in [0.3, 0.4) is 0 Å². The Kier molecular flexibility index (Phi) is 3.97. The largest absolute Gasteiger partial charge is 0.485 e. The maximum atomic E-state index is 11.7. The Balaban J connectivity index is 2.22. The summed E-state index contributed by atoms with van der Waals surface area (Å²) in [5, 5.41) is 3.06. The van der Waals surface area contributed by atoms with Crippen molar-refractivity contribution in [1.29, 1.82) is 0 Å². The van der Waals surface area contributed by atoms with Crippen LogP contribution in [0.15, 0.2) is 26.1 Å². The molecule has 1 atom stereocenters. The summed E-state index contributed by atoms with van der Waals surface area (Å²) in [7, 11) is 0. The lowest BCUT2D eigenvalue weighted by molar-refractivity contribution is 0.238. The minimum absolute atomic E-state index is 0.131. The molecule has 2 rings (SSSR count). The topological polar surface area (TPSA) is 68.5 Å². The molecule has 0 saturated heterocycles. The zero-order valence-corrected chi connectivity index (χ0v) is 12.1. The van der Waals surface area contributed by atoms with Crippen LogP contribution in [0.5, 0.6) is 5.75 Å². The van der Waals surface area contributed by atoms with E-state index < -0.39 is 10.9 Å². The molecule has 0 aliphatic heterocycles. The molecule has 2 aromatic rings. The van der Waals surface area contributed by atoms with Gasteiger partial charge in [-0.25, -0.2) is 0 Å². The summed E-state index contributed by atoms with van der Waals surface area (Å²) < 4.78 is 10.9. The molecule has 0 unspecified atom stereocenters. The van der Waals surface area contributed by atoms with Crippen molar-refractivity contribution in [3.05, 3.63) is 44.1 Å². The second kappa shape index (κ2) is 5.53. The number of ether oxygens (including phenoxy) is 1. The first kappa shape index (κ1) is 14.4. The fourth-order valence-electron chi connectivity index (χ4n) is 2.04. The Morgan fingerprint density at radius 3 is 2.45 bits per heavy atom. The molecule has 0 fully saturated rings. The number of nitrogens with one attached hydrogen (secondary N) is 1. The summed E-state index contributed by atoms with van der Waals surface area (Å²) in [6, 6.07) is 3.58. The number of hydrogen-bond donors (Lipinski definition) is 1. The van der Waals surface area contributed by atoms with Crippen LogP contribution in [0.25, 0.3) is 0 Å². The van der Waals surface area contributed by atoms with Crippen molar-refractivity contribution in [3.63, 3.8) is 0 Å². The monoisotopic (exact) mass is 277 g/mol. The van der Waals surface area contributed by atoms with E-state index in [0.29, 0.717) is 0 Å². The van der Waals surface area contributed by atoms with Gasteiger partial charge in [-0.05, 0) is 39.3 Å². The van der Waals surface area contributed by atoms with Crippen LogP contribution < -0.4 is 20.9 Å². The summed E-state index contributed by atoms with van der Waals surface area (Å²) in [4.78, 5) is 23.2. The molecule has 0 bridgehead atoms. The van der Waals surface area contributed by atoms with Gasteiger partial charge in [0.05, 0.1) is 12.1 Å². The Bertz CT molecular complexity index is 662. The zero-order valence-electron chi connectivity index (χ0n) is 12.1. The van der Waals surface area contributed by atoms with Gasteiger partial charge in [-0.2, -0.15) is 0 Å². The van der Waals surface area contributed by atoms with Crippen molar-refractivity contribution in [3.8, 4) is 5.75 Å². The zero-order chi connectivity index (χ0) is 14.9. The highest BCUT2D eigenvalue weighted by atomic mass is 16.5. The molecular formula is C15H19NO4. The summed E-state index contributed by atoms with van der Waals surface area (Å²) in [5.74, 6) is 1.68. The molecule has 5 heteroatoms. The lowest BCUT2D eigenvalue weighted by Gasteiger charge is -2.20. The maximum Gasteiger partial charge on any atom is 0.272 e. The van der Waals surface area contributed by atoms with E-state index in [1.165, 1.54) is 0 Å². The molecule has 1 aromatic carbocycles. The van der Waals surface area contributed by atoms with Crippen molar-refractivity contribution in [2.24, 2.45) is 0 Å². The molecule has 0 amide bonds. The Morgan fingerprint density at radius 1 is 1.25 bits per heavy atom. The van der Waals surface area contributed by atoms with Crippen molar-refractivity contribution in [1.82, 2.24) is 0 Å². The smallest absolute Gasteiger partial charge is 0.272 e. The minimum Gasteiger partial charge on any atom is -0.485 e. The number of hydrogen-bond acceptors (Lipinski definition) is 5. The third-order valence-electron chi connectivity index (χ3n) is 3.05. The molecular weight excluding hydrogens is 258 g/mol. The Hall–Kier alpha value is -2.04. The predicted molar refractivity (Wildman–Crippen MR) is 77.2 cm³/mol. The molecule has 0 saturated carbocycles. The van der Waals surface area contributed by atoms with Crippen LogP contribution in [0.1, 0.15) is 44.8 Å². The fraction of sp³-hybridized carbons (Fsp3) is 0.467. The lowest BCUT2D eigenvalue weighted by atomic mass is 10.1. The van der Waals surface area contributed by atoms with Gasteiger partial charge in [-0.1, -0.05) is 6.92 Å². The lowest BCUT2D eigenvalue weighted by Crippen LogP contribution is -2.37. The molecule has 0 aliphatic carbocycles. The van der Waals surface area contributed by atoms with E-state index in [0.717, 1.165) is 17.9 Å². The highest BCUT2D eigenvalue weighted by Crippen LogP contribution is 2.27. The molecule has 1 aromatic heterocycles. The summed E-state index contributed by atoms with van der Waals surface area (Å²) in [5.41, 5.74) is -0.835. The van der Waals surface area contributed by atoms with Gasteiger partial charge in [0.1, 0.15) is 17.2 Å². The summed E-state index contributed by atoms with van der Waals surface area (Å²) >= 11 is 0. The van der Waals surface area contributed by atoms with Crippen LogP contribution in [0, 0.1) is 6.92 Å². The molecule has 20 heavy (non-hydrogen) atoms. The number of anilines is 1. The highest BCUT2D eigenvalue weighted by molar-refractivity contribution is 5.62. The SMILES string of the molecule is CC[C@@H](Nc1c(OC(C)C)c(=O)c1=O)c1ccc(C)o1. The molecule has 108 valence electrons. The quantitative estimate of drug-likeness (QED) is 0.822. The van der Waals surface area contributed by atoms with Crippen LogP contribution in [0.2, 0.25) is 0 Å². The average Bonchev–Trinajstić information content (AvgIpc) is 2.83. The number of rotatable bonds is 6.